The number of amides is 3. The summed E-state index contributed by atoms with van der Waals surface area (Å²) in [5, 5.41) is 5.83. The molecule has 0 spiro atoms. The number of carbonyl (C=O) groups is 3. The van der Waals surface area contributed by atoms with Crippen molar-refractivity contribution in [1.82, 2.24) is 15.5 Å². The van der Waals surface area contributed by atoms with Crippen molar-refractivity contribution in [2.75, 3.05) is 39.8 Å². The lowest BCUT2D eigenvalue weighted by Gasteiger charge is -2.46. The topological polar surface area (TPSA) is 92.2 Å². The fourth-order valence-corrected chi connectivity index (χ4v) is 6.07. The largest absolute Gasteiger partial charge is 0.497 e. The zero-order chi connectivity index (χ0) is 27.8. The van der Waals surface area contributed by atoms with Crippen LogP contribution in [0, 0.1) is 0 Å². The Morgan fingerprint density at radius 1 is 0.974 bits per heavy atom. The molecule has 0 aromatic heterocycles. The summed E-state index contributed by atoms with van der Waals surface area (Å²) in [4.78, 5) is 43.9. The van der Waals surface area contributed by atoms with E-state index >= 15 is 0 Å². The first-order valence-electron chi connectivity index (χ1n) is 14.4. The van der Waals surface area contributed by atoms with Gasteiger partial charge in [0.05, 0.1) is 51.8 Å². The zero-order valence-corrected chi connectivity index (χ0v) is 23.5. The lowest BCUT2D eigenvalue weighted by molar-refractivity contribution is -0.895. The second kappa shape index (κ2) is 13.6. The predicted octanol–water partition coefficient (Wildman–Crippen LogP) is 2.47. The predicted molar refractivity (Wildman–Crippen MR) is 151 cm³/mol. The Labute approximate surface area is 232 Å². The molecule has 8 nitrogen and oxygen atoms in total. The minimum absolute atomic E-state index is 0.0287. The number of hydrogen-bond donors (Lipinski definition) is 3. The Bertz CT molecular complexity index is 1130. The van der Waals surface area contributed by atoms with Crippen molar-refractivity contribution < 1.29 is 24.0 Å². The number of nitrogens with zero attached hydrogens (tertiary/aromatic N) is 1. The molecular formula is C31H43N4O4+. The van der Waals surface area contributed by atoms with Crippen LogP contribution in [0.1, 0.15) is 79.4 Å². The number of rotatable bonds is 11. The highest BCUT2D eigenvalue weighted by Crippen LogP contribution is 2.46. The summed E-state index contributed by atoms with van der Waals surface area (Å²) in [5.74, 6) is -0.405. The number of benzene rings is 2. The van der Waals surface area contributed by atoms with Crippen LogP contribution in [0.2, 0.25) is 0 Å². The number of hydrogen-bond acceptors (Lipinski definition) is 4. The first kappa shape index (κ1) is 28.6. The lowest BCUT2D eigenvalue weighted by atomic mass is 9.77. The highest BCUT2D eigenvalue weighted by molar-refractivity contribution is 6.02. The van der Waals surface area contributed by atoms with E-state index in [2.05, 4.69) is 24.5 Å². The van der Waals surface area contributed by atoms with Crippen LogP contribution in [0.4, 0.5) is 0 Å². The molecule has 2 aromatic carbocycles. The Kier molecular flexibility index (Phi) is 9.98. The van der Waals surface area contributed by atoms with Crippen molar-refractivity contribution in [3.8, 4) is 5.75 Å². The SMILES string of the molecule is CC[NH+](CC)CCNC(=O)CNC(=O)C1c2ccccc2C(=O)N(C2CCCCC2)C1c1ccc(OC)cc1. The molecule has 39 heavy (non-hydrogen) atoms. The normalized spacial score (nSPS) is 19.5. The quantitative estimate of drug-likeness (QED) is 0.412. The molecule has 2 aliphatic rings. The van der Waals surface area contributed by atoms with E-state index in [4.69, 9.17) is 4.74 Å². The van der Waals surface area contributed by atoms with Gasteiger partial charge in [-0.05, 0) is 56.0 Å². The maximum Gasteiger partial charge on any atom is 0.254 e. The van der Waals surface area contributed by atoms with Crippen molar-refractivity contribution in [2.24, 2.45) is 0 Å². The Morgan fingerprint density at radius 3 is 2.33 bits per heavy atom. The first-order chi connectivity index (χ1) is 19.0. The highest BCUT2D eigenvalue weighted by atomic mass is 16.5. The third kappa shape index (κ3) is 6.61. The average molecular weight is 536 g/mol. The lowest BCUT2D eigenvalue weighted by Crippen LogP contribution is -3.12. The van der Waals surface area contributed by atoms with Gasteiger partial charge in [0.15, 0.2) is 0 Å². The zero-order valence-electron chi connectivity index (χ0n) is 23.5. The van der Waals surface area contributed by atoms with E-state index in [1.165, 1.54) is 4.90 Å². The van der Waals surface area contributed by atoms with Crippen molar-refractivity contribution in [3.63, 3.8) is 0 Å². The molecule has 0 bridgehead atoms. The van der Waals surface area contributed by atoms with Gasteiger partial charge >= 0.3 is 0 Å². The number of quaternary nitrogens is 1. The Hall–Kier alpha value is -3.39. The van der Waals surface area contributed by atoms with Crippen LogP contribution in [-0.2, 0) is 9.59 Å². The second-order valence-corrected chi connectivity index (χ2v) is 10.6. The van der Waals surface area contributed by atoms with Gasteiger partial charge in [0.25, 0.3) is 5.91 Å². The molecule has 0 radical (unpaired) electrons. The molecule has 2 aromatic rings. The summed E-state index contributed by atoms with van der Waals surface area (Å²) in [6.45, 7) is 7.59. The van der Waals surface area contributed by atoms with Gasteiger partial charge in [0.2, 0.25) is 11.8 Å². The van der Waals surface area contributed by atoms with Crippen molar-refractivity contribution >= 4 is 17.7 Å². The van der Waals surface area contributed by atoms with E-state index in [0.29, 0.717) is 17.7 Å². The van der Waals surface area contributed by atoms with E-state index in [9.17, 15) is 14.4 Å². The standard InChI is InChI=1S/C31H42N4O4/c1-4-34(5-2)20-19-32-27(36)21-33-30(37)28-25-13-9-10-14-26(25)31(38)35(23-11-7-6-8-12-23)29(28)22-15-17-24(39-3)18-16-22/h9-10,13-18,23,28-29H,4-8,11-12,19-21H2,1-3H3,(H,32,36)(H,33,37)/p+1. The summed E-state index contributed by atoms with van der Waals surface area (Å²) in [7, 11) is 1.62. The third-order valence-corrected chi connectivity index (χ3v) is 8.31. The minimum Gasteiger partial charge on any atom is -0.497 e. The van der Waals surface area contributed by atoms with Crippen LogP contribution in [0.5, 0.6) is 5.75 Å². The molecule has 1 fully saturated rings. The molecule has 3 N–H and O–H groups in total. The molecule has 0 saturated heterocycles. The Morgan fingerprint density at radius 2 is 1.67 bits per heavy atom. The second-order valence-electron chi connectivity index (χ2n) is 10.6. The third-order valence-electron chi connectivity index (χ3n) is 8.31. The van der Waals surface area contributed by atoms with Crippen LogP contribution in [-0.4, -0.2) is 68.5 Å². The van der Waals surface area contributed by atoms with Gasteiger partial charge in [-0.15, -0.1) is 0 Å². The van der Waals surface area contributed by atoms with Gasteiger partial charge in [-0.2, -0.15) is 0 Å². The van der Waals surface area contributed by atoms with Gasteiger partial charge in [-0.3, -0.25) is 14.4 Å². The number of methoxy groups -OCH3 is 1. The molecule has 1 aliphatic heterocycles. The van der Waals surface area contributed by atoms with Crippen molar-refractivity contribution in [1.29, 1.82) is 0 Å². The van der Waals surface area contributed by atoms with Crippen molar-refractivity contribution in [2.45, 2.75) is 64.0 Å². The minimum atomic E-state index is -0.637. The molecule has 210 valence electrons. The number of ether oxygens (including phenoxy) is 1. The molecular weight excluding hydrogens is 492 g/mol. The fourth-order valence-electron chi connectivity index (χ4n) is 6.07. The van der Waals surface area contributed by atoms with E-state index in [0.717, 1.165) is 63.1 Å². The molecule has 1 aliphatic carbocycles. The number of fused-ring (bicyclic) bond motifs is 1. The highest BCUT2D eigenvalue weighted by Gasteiger charge is 2.46. The number of likely N-dealkylation sites (N-methyl/N-ethyl adjacent to an activating group) is 1. The summed E-state index contributed by atoms with van der Waals surface area (Å²) < 4.78 is 5.37. The van der Waals surface area contributed by atoms with Gasteiger partial charge in [-0.25, -0.2) is 0 Å². The van der Waals surface area contributed by atoms with Crippen LogP contribution in [0.25, 0.3) is 0 Å². The van der Waals surface area contributed by atoms with E-state index in [1.807, 2.05) is 53.4 Å². The summed E-state index contributed by atoms with van der Waals surface area (Å²) in [5.41, 5.74) is 2.16. The molecule has 4 rings (SSSR count). The van der Waals surface area contributed by atoms with Gasteiger partial charge in [0.1, 0.15) is 5.75 Å². The van der Waals surface area contributed by atoms with Crippen LogP contribution in [0.3, 0.4) is 0 Å². The number of nitrogens with one attached hydrogen (secondary N) is 3. The average Bonchev–Trinajstić information content (AvgIpc) is 2.98. The van der Waals surface area contributed by atoms with E-state index < -0.39 is 12.0 Å². The number of carbonyl (C=O) groups excluding carboxylic acids is 3. The maximum absolute atomic E-state index is 14.0. The molecule has 1 saturated carbocycles. The van der Waals surface area contributed by atoms with Crippen LogP contribution >= 0.6 is 0 Å². The molecule has 3 amide bonds. The van der Waals surface area contributed by atoms with Crippen molar-refractivity contribution in [3.05, 3.63) is 65.2 Å². The van der Waals surface area contributed by atoms with E-state index in [1.54, 1.807) is 7.11 Å². The van der Waals surface area contributed by atoms with Crippen LogP contribution in [0.15, 0.2) is 48.5 Å². The smallest absolute Gasteiger partial charge is 0.254 e. The van der Waals surface area contributed by atoms with Gasteiger partial charge in [0, 0.05) is 11.6 Å². The van der Waals surface area contributed by atoms with E-state index in [-0.39, 0.29) is 30.3 Å². The van der Waals surface area contributed by atoms with Gasteiger partial charge in [-0.1, -0.05) is 49.6 Å². The van der Waals surface area contributed by atoms with Gasteiger partial charge < -0.3 is 25.2 Å². The fraction of sp³-hybridized carbons (Fsp3) is 0.516. The summed E-state index contributed by atoms with van der Waals surface area (Å²) in [6, 6.07) is 14.6. The molecule has 8 heteroatoms. The monoisotopic (exact) mass is 535 g/mol. The molecule has 2 atom stereocenters. The maximum atomic E-state index is 14.0. The summed E-state index contributed by atoms with van der Waals surface area (Å²) in [6.07, 6.45) is 5.14. The molecule has 1 heterocycles. The van der Waals surface area contributed by atoms with Crippen LogP contribution < -0.4 is 20.3 Å². The molecule has 2 unspecified atom stereocenters. The Balaban J connectivity index is 1.62. The first-order valence-corrected chi connectivity index (χ1v) is 14.4. The summed E-state index contributed by atoms with van der Waals surface area (Å²) >= 11 is 0.